The second kappa shape index (κ2) is 12.2. The molecule has 4 rings (SSSR count). The van der Waals surface area contributed by atoms with Crippen molar-refractivity contribution in [3.8, 4) is 6.07 Å². The van der Waals surface area contributed by atoms with Gasteiger partial charge in [0.25, 0.3) is 5.91 Å². The minimum absolute atomic E-state index is 0.183. The Morgan fingerprint density at radius 3 is 2.50 bits per heavy atom. The molecule has 4 aromatic rings. The van der Waals surface area contributed by atoms with Crippen LogP contribution in [0.25, 0.3) is 11.0 Å². The van der Waals surface area contributed by atoms with Crippen LogP contribution >= 0.6 is 11.6 Å². The number of urea groups is 1. The summed E-state index contributed by atoms with van der Waals surface area (Å²) in [6.45, 7) is 3.71. The van der Waals surface area contributed by atoms with Gasteiger partial charge in [0, 0.05) is 48.8 Å². The summed E-state index contributed by atoms with van der Waals surface area (Å²) >= 11 is 5.95. The van der Waals surface area contributed by atoms with Crippen LogP contribution in [0.2, 0.25) is 5.02 Å². The molecule has 0 saturated carbocycles. The quantitative estimate of drug-likeness (QED) is 0.261. The third kappa shape index (κ3) is 6.29. The minimum Gasteiger partial charge on any atom is -0.382 e. The molecule has 0 radical (unpaired) electrons. The van der Waals surface area contributed by atoms with Crippen molar-refractivity contribution in [1.29, 1.82) is 5.26 Å². The summed E-state index contributed by atoms with van der Waals surface area (Å²) in [5.74, 6) is 0.184. The van der Waals surface area contributed by atoms with Crippen LogP contribution in [0.15, 0.2) is 66.7 Å². The van der Waals surface area contributed by atoms with Gasteiger partial charge in [0.2, 0.25) is 5.95 Å². The number of halogens is 1. The molecule has 0 fully saturated rings. The van der Waals surface area contributed by atoms with E-state index >= 15 is 0 Å². The van der Waals surface area contributed by atoms with Crippen molar-refractivity contribution in [2.45, 2.75) is 19.9 Å². The Hall–Kier alpha value is -4.39. The van der Waals surface area contributed by atoms with Crippen LogP contribution < -0.4 is 15.5 Å². The van der Waals surface area contributed by atoms with E-state index in [-0.39, 0.29) is 5.91 Å². The molecule has 0 unspecified atom stereocenters. The van der Waals surface area contributed by atoms with Gasteiger partial charge in [-0.15, -0.1) is 0 Å². The van der Waals surface area contributed by atoms with Crippen molar-refractivity contribution in [1.82, 2.24) is 9.55 Å². The number of carbonyl (C=O) groups is 2. The minimum atomic E-state index is -0.466. The summed E-state index contributed by atoms with van der Waals surface area (Å²) in [6.07, 6.45) is 0.724. The standard InChI is InChI=1S/C28H27ClN6O3/c1-3-38-16-4-15-35-25-14-13-23(34(2)26(36)20-7-9-21(29)10-8-20)17-24(25)32-27(35)33-28(37)31-22-11-5-19(18-30)6-12-22/h5-14,17H,3-4,15-16H2,1-2H3,(H2,31,32,33,37). The number of nitrogens with one attached hydrogen (secondary N) is 2. The number of rotatable bonds is 9. The van der Waals surface area contributed by atoms with Crippen molar-refractivity contribution in [2.24, 2.45) is 0 Å². The molecule has 10 heteroatoms. The van der Waals surface area contributed by atoms with E-state index in [0.717, 1.165) is 11.9 Å². The predicted molar refractivity (Wildman–Crippen MR) is 149 cm³/mol. The van der Waals surface area contributed by atoms with Crippen molar-refractivity contribution in [2.75, 3.05) is 35.8 Å². The number of ether oxygens (including phenoxy) is 1. The van der Waals surface area contributed by atoms with Crippen LogP contribution in [0.4, 0.5) is 22.1 Å². The molecule has 0 saturated heterocycles. The summed E-state index contributed by atoms with van der Waals surface area (Å²) in [5.41, 5.74) is 3.66. The molecule has 3 amide bonds. The molecule has 3 aromatic carbocycles. The predicted octanol–water partition coefficient (Wildman–Crippen LogP) is 5.91. The average molecular weight is 531 g/mol. The molecule has 9 nitrogen and oxygen atoms in total. The maximum absolute atomic E-state index is 13.0. The molecule has 0 spiro atoms. The van der Waals surface area contributed by atoms with Crippen LogP contribution in [-0.4, -0.2) is 41.8 Å². The molecule has 1 heterocycles. The summed E-state index contributed by atoms with van der Waals surface area (Å²) in [7, 11) is 1.70. The lowest BCUT2D eigenvalue weighted by Gasteiger charge is -2.17. The number of hydrogen-bond donors (Lipinski definition) is 2. The topological polar surface area (TPSA) is 112 Å². The van der Waals surface area contributed by atoms with E-state index in [9.17, 15) is 9.59 Å². The molecule has 0 atom stereocenters. The molecule has 2 N–H and O–H groups in total. The number of amides is 3. The zero-order valence-corrected chi connectivity index (χ0v) is 21.8. The van der Waals surface area contributed by atoms with Gasteiger partial charge >= 0.3 is 6.03 Å². The number of fused-ring (bicyclic) bond motifs is 1. The third-order valence-corrected chi connectivity index (χ3v) is 6.14. The van der Waals surface area contributed by atoms with E-state index in [2.05, 4.69) is 15.6 Å². The number of imidazole rings is 1. The second-order valence-corrected chi connectivity index (χ2v) is 8.89. The van der Waals surface area contributed by atoms with Gasteiger partial charge in [-0.25, -0.2) is 9.78 Å². The normalized spacial score (nSPS) is 10.7. The average Bonchev–Trinajstić information content (AvgIpc) is 3.26. The first kappa shape index (κ1) is 26.7. The fourth-order valence-electron chi connectivity index (χ4n) is 3.91. The second-order valence-electron chi connectivity index (χ2n) is 8.45. The molecule has 0 aliphatic rings. The first-order valence-electron chi connectivity index (χ1n) is 12.1. The Balaban J connectivity index is 1.58. The number of aryl methyl sites for hydroxylation is 1. The van der Waals surface area contributed by atoms with Gasteiger partial charge in [-0.05, 0) is 80.1 Å². The lowest BCUT2D eigenvalue weighted by molar-refractivity contribution is 0.0993. The van der Waals surface area contributed by atoms with Gasteiger partial charge in [-0.1, -0.05) is 11.6 Å². The van der Waals surface area contributed by atoms with E-state index in [1.165, 1.54) is 0 Å². The van der Waals surface area contributed by atoms with Crippen molar-refractivity contribution >= 4 is 51.9 Å². The Morgan fingerprint density at radius 1 is 1.08 bits per heavy atom. The van der Waals surface area contributed by atoms with Crippen LogP contribution in [0.3, 0.4) is 0 Å². The van der Waals surface area contributed by atoms with Crippen LogP contribution in [0.1, 0.15) is 29.3 Å². The van der Waals surface area contributed by atoms with Crippen molar-refractivity contribution in [3.05, 3.63) is 82.9 Å². The monoisotopic (exact) mass is 530 g/mol. The molecule has 194 valence electrons. The summed E-state index contributed by atoms with van der Waals surface area (Å²) in [4.78, 5) is 31.9. The van der Waals surface area contributed by atoms with Gasteiger partial charge in [0.15, 0.2) is 0 Å². The zero-order chi connectivity index (χ0) is 27.1. The molecule has 0 bridgehead atoms. The van der Waals surface area contributed by atoms with E-state index in [1.54, 1.807) is 60.5 Å². The fourth-order valence-corrected chi connectivity index (χ4v) is 4.04. The maximum Gasteiger partial charge on any atom is 0.326 e. The lowest BCUT2D eigenvalue weighted by Crippen LogP contribution is -2.26. The molecular weight excluding hydrogens is 504 g/mol. The first-order chi connectivity index (χ1) is 18.4. The molecule has 38 heavy (non-hydrogen) atoms. The van der Waals surface area contributed by atoms with E-state index in [0.29, 0.717) is 58.7 Å². The number of nitrogens with zero attached hydrogens (tertiary/aromatic N) is 4. The highest BCUT2D eigenvalue weighted by atomic mass is 35.5. The third-order valence-electron chi connectivity index (χ3n) is 5.89. The van der Waals surface area contributed by atoms with E-state index < -0.39 is 6.03 Å². The van der Waals surface area contributed by atoms with Gasteiger partial charge in [0.1, 0.15) is 0 Å². The van der Waals surface area contributed by atoms with Gasteiger partial charge in [-0.3, -0.25) is 10.1 Å². The number of anilines is 3. The van der Waals surface area contributed by atoms with E-state index in [1.807, 2.05) is 35.8 Å². The van der Waals surface area contributed by atoms with Gasteiger partial charge in [-0.2, -0.15) is 5.26 Å². The summed E-state index contributed by atoms with van der Waals surface area (Å²) in [6, 6.07) is 20.4. The van der Waals surface area contributed by atoms with Gasteiger partial charge in [0.05, 0.1) is 22.7 Å². The highest BCUT2D eigenvalue weighted by molar-refractivity contribution is 6.30. The summed E-state index contributed by atoms with van der Waals surface area (Å²) in [5, 5.41) is 15.1. The molecule has 1 aromatic heterocycles. The number of benzene rings is 3. The highest BCUT2D eigenvalue weighted by Gasteiger charge is 2.18. The van der Waals surface area contributed by atoms with Crippen LogP contribution in [0.5, 0.6) is 0 Å². The Bertz CT molecular complexity index is 1480. The number of carbonyl (C=O) groups excluding carboxylic acids is 2. The van der Waals surface area contributed by atoms with Crippen molar-refractivity contribution in [3.63, 3.8) is 0 Å². The molecule has 0 aliphatic carbocycles. The Morgan fingerprint density at radius 2 is 1.82 bits per heavy atom. The largest absolute Gasteiger partial charge is 0.382 e. The highest BCUT2D eigenvalue weighted by Crippen LogP contribution is 2.26. The zero-order valence-electron chi connectivity index (χ0n) is 21.1. The fraction of sp³-hybridized carbons (Fsp3) is 0.214. The molecule has 0 aliphatic heterocycles. The maximum atomic E-state index is 13.0. The Labute approximate surface area is 225 Å². The van der Waals surface area contributed by atoms with Gasteiger partial charge < -0.3 is 19.5 Å². The smallest absolute Gasteiger partial charge is 0.326 e. The number of nitriles is 1. The van der Waals surface area contributed by atoms with Crippen LogP contribution in [0, 0.1) is 11.3 Å². The van der Waals surface area contributed by atoms with Crippen molar-refractivity contribution < 1.29 is 14.3 Å². The van der Waals surface area contributed by atoms with E-state index in [4.69, 9.17) is 21.6 Å². The SMILES string of the molecule is CCOCCCn1c(NC(=O)Nc2ccc(C#N)cc2)nc2cc(N(C)C(=O)c3ccc(Cl)cc3)ccc21. The number of hydrogen-bond acceptors (Lipinski definition) is 5. The lowest BCUT2D eigenvalue weighted by atomic mass is 10.2. The number of aromatic nitrogens is 2. The Kier molecular flexibility index (Phi) is 8.58. The summed E-state index contributed by atoms with van der Waals surface area (Å²) < 4.78 is 7.39. The molecular formula is C28H27ClN6O3. The van der Waals surface area contributed by atoms with Crippen LogP contribution in [-0.2, 0) is 11.3 Å². The first-order valence-corrected chi connectivity index (χ1v) is 12.5.